The van der Waals surface area contributed by atoms with Crippen LogP contribution in [0.1, 0.15) is 42.6 Å². The number of nitrogens with zero attached hydrogens (tertiary/aromatic N) is 3. The molecule has 2 aliphatic rings. The molecule has 0 saturated carbocycles. The van der Waals surface area contributed by atoms with Crippen LogP contribution in [0.2, 0.25) is 0 Å². The SMILES string of the molecule is CC(C)C[C@H](NC(=O)c1ccc(N(C)C)cc1)C(=O)N1CCC2C1C(=O)CN2C(=O)CNC(=O)OCc1ccccc1. The van der Waals surface area contributed by atoms with Crippen molar-refractivity contribution in [3.8, 4) is 0 Å². The van der Waals surface area contributed by atoms with E-state index in [0.29, 0.717) is 18.4 Å². The number of ether oxygens (including phenoxy) is 1. The minimum atomic E-state index is -0.816. The number of likely N-dealkylation sites (tertiary alicyclic amines) is 2. The van der Waals surface area contributed by atoms with Gasteiger partial charge in [-0.15, -0.1) is 0 Å². The van der Waals surface area contributed by atoms with Gasteiger partial charge in [0.15, 0.2) is 5.78 Å². The summed E-state index contributed by atoms with van der Waals surface area (Å²) in [4.78, 5) is 69.8. The predicted octanol–water partition coefficient (Wildman–Crippen LogP) is 2.20. The number of ketones is 1. The van der Waals surface area contributed by atoms with Gasteiger partial charge in [-0.25, -0.2) is 4.79 Å². The molecule has 4 amide bonds. The third-order valence-electron chi connectivity index (χ3n) is 7.58. The van der Waals surface area contributed by atoms with E-state index in [1.165, 1.54) is 9.80 Å². The Hall–Kier alpha value is -4.41. The molecule has 2 unspecified atom stereocenters. The van der Waals surface area contributed by atoms with Gasteiger partial charge in [-0.05, 0) is 48.6 Å². The number of anilines is 1. The Morgan fingerprint density at radius 3 is 2.33 bits per heavy atom. The van der Waals surface area contributed by atoms with Crippen molar-refractivity contribution in [3.05, 3.63) is 65.7 Å². The third kappa shape index (κ3) is 7.26. The lowest BCUT2D eigenvalue weighted by Gasteiger charge is -2.29. The smallest absolute Gasteiger partial charge is 0.407 e. The summed E-state index contributed by atoms with van der Waals surface area (Å²) in [5.74, 6) is -1.25. The molecule has 0 aliphatic carbocycles. The highest BCUT2D eigenvalue weighted by Crippen LogP contribution is 2.31. The Morgan fingerprint density at radius 2 is 1.69 bits per heavy atom. The Morgan fingerprint density at radius 1 is 1.00 bits per heavy atom. The predicted molar refractivity (Wildman–Crippen MR) is 157 cm³/mol. The summed E-state index contributed by atoms with van der Waals surface area (Å²) < 4.78 is 5.16. The highest BCUT2D eigenvalue weighted by molar-refractivity contribution is 6.01. The van der Waals surface area contributed by atoms with Gasteiger partial charge in [-0.2, -0.15) is 0 Å². The standard InChI is InChI=1S/C31H39N5O6/c1-20(2)16-24(33-29(39)22-10-12-23(13-11-22)34(3)4)30(40)35-15-14-25-28(35)26(37)18-36(25)27(38)17-32-31(41)42-19-21-8-6-5-7-9-21/h5-13,20,24-25,28H,14-19H2,1-4H3,(H,32,41)(H,33,39)/t24-,25?,28?/m0/s1. The van der Waals surface area contributed by atoms with Crippen molar-refractivity contribution in [3.63, 3.8) is 0 Å². The molecule has 2 saturated heterocycles. The molecule has 11 heteroatoms. The van der Waals surface area contributed by atoms with Crippen LogP contribution in [0.25, 0.3) is 0 Å². The van der Waals surface area contributed by atoms with Crippen molar-refractivity contribution in [1.82, 2.24) is 20.4 Å². The molecule has 11 nitrogen and oxygen atoms in total. The number of amides is 4. The highest BCUT2D eigenvalue weighted by Gasteiger charge is 2.52. The lowest BCUT2D eigenvalue weighted by Crippen LogP contribution is -2.53. The first kappa shape index (κ1) is 30.5. The molecule has 2 aromatic rings. The van der Waals surface area contributed by atoms with E-state index in [1.807, 2.05) is 75.3 Å². The van der Waals surface area contributed by atoms with E-state index >= 15 is 0 Å². The highest BCUT2D eigenvalue weighted by atomic mass is 16.5. The number of carbonyl (C=O) groups excluding carboxylic acids is 5. The summed E-state index contributed by atoms with van der Waals surface area (Å²) >= 11 is 0. The Bertz CT molecular complexity index is 1300. The average molecular weight is 578 g/mol. The number of fused-ring (bicyclic) bond motifs is 1. The van der Waals surface area contributed by atoms with Gasteiger partial charge in [-0.3, -0.25) is 19.2 Å². The zero-order valence-corrected chi connectivity index (χ0v) is 24.5. The number of hydrogen-bond donors (Lipinski definition) is 2. The van der Waals surface area contributed by atoms with Crippen LogP contribution in [0.3, 0.4) is 0 Å². The monoisotopic (exact) mass is 577 g/mol. The summed E-state index contributed by atoms with van der Waals surface area (Å²) in [6.45, 7) is 3.82. The van der Waals surface area contributed by atoms with Crippen molar-refractivity contribution in [1.29, 1.82) is 0 Å². The Balaban J connectivity index is 1.36. The van der Waals surface area contributed by atoms with Gasteiger partial charge in [0, 0.05) is 31.9 Å². The maximum atomic E-state index is 13.7. The number of benzene rings is 2. The molecule has 3 atom stereocenters. The van der Waals surface area contributed by atoms with E-state index in [0.717, 1.165) is 11.3 Å². The van der Waals surface area contributed by atoms with E-state index in [1.54, 1.807) is 12.1 Å². The van der Waals surface area contributed by atoms with Gasteiger partial charge in [0.05, 0.1) is 12.6 Å². The molecule has 0 radical (unpaired) electrons. The van der Waals surface area contributed by atoms with Crippen molar-refractivity contribution in [2.75, 3.05) is 38.6 Å². The number of nitrogens with one attached hydrogen (secondary N) is 2. The second-order valence-electron chi connectivity index (χ2n) is 11.3. The zero-order valence-electron chi connectivity index (χ0n) is 24.5. The summed E-state index contributed by atoms with van der Waals surface area (Å²) in [7, 11) is 3.82. The molecule has 2 heterocycles. The lowest BCUT2D eigenvalue weighted by molar-refractivity contribution is -0.138. The fourth-order valence-electron chi connectivity index (χ4n) is 5.46. The van der Waals surface area contributed by atoms with Crippen LogP contribution in [-0.4, -0.2) is 91.3 Å². The first-order valence-electron chi connectivity index (χ1n) is 14.2. The first-order valence-corrected chi connectivity index (χ1v) is 14.2. The minimum Gasteiger partial charge on any atom is -0.445 e. The van der Waals surface area contributed by atoms with Crippen molar-refractivity contribution in [2.24, 2.45) is 5.92 Å². The molecule has 42 heavy (non-hydrogen) atoms. The van der Waals surface area contributed by atoms with Gasteiger partial charge >= 0.3 is 6.09 Å². The summed E-state index contributed by atoms with van der Waals surface area (Å²) in [5, 5.41) is 5.33. The third-order valence-corrected chi connectivity index (χ3v) is 7.58. The van der Waals surface area contributed by atoms with E-state index < -0.39 is 30.1 Å². The second-order valence-corrected chi connectivity index (χ2v) is 11.3. The van der Waals surface area contributed by atoms with Crippen LogP contribution in [0.5, 0.6) is 0 Å². The molecule has 2 fully saturated rings. The van der Waals surface area contributed by atoms with Crippen LogP contribution in [0.15, 0.2) is 54.6 Å². The molecular formula is C31H39N5O6. The van der Waals surface area contributed by atoms with Crippen LogP contribution < -0.4 is 15.5 Å². The quantitative estimate of drug-likeness (QED) is 0.443. The number of Topliss-reactive ketones (excluding diaryl/α,β-unsaturated/α-hetero) is 1. The molecule has 4 rings (SSSR count). The maximum absolute atomic E-state index is 13.7. The topological polar surface area (TPSA) is 128 Å². The molecular weight excluding hydrogens is 538 g/mol. The first-order chi connectivity index (χ1) is 20.0. The fourth-order valence-corrected chi connectivity index (χ4v) is 5.46. The van der Waals surface area contributed by atoms with Gasteiger partial charge < -0.3 is 30.1 Å². The van der Waals surface area contributed by atoms with Crippen molar-refractivity contribution >= 4 is 35.3 Å². The van der Waals surface area contributed by atoms with E-state index in [2.05, 4.69) is 10.6 Å². The molecule has 2 aliphatic heterocycles. The molecule has 0 aromatic heterocycles. The zero-order chi connectivity index (χ0) is 30.4. The van der Waals surface area contributed by atoms with Gasteiger partial charge in [0.25, 0.3) is 5.91 Å². The van der Waals surface area contributed by atoms with Crippen molar-refractivity contribution < 1.29 is 28.7 Å². The van der Waals surface area contributed by atoms with E-state index in [-0.39, 0.29) is 49.8 Å². The van der Waals surface area contributed by atoms with Crippen LogP contribution in [-0.2, 0) is 25.7 Å². The average Bonchev–Trinajstić information content (AvgIpc) is 3.55. The van der Waals surface area contributed by atoms with Crippen LogP contribution in [0.4, 0.5) is 10.5 Å². The maximum Gasteiger partial charge on any atom is 0.407 e. The van der Waals surface area contributed by atoms with Crippen LogP contribution in [0, 0.1) is 5.92 Å². The van der Waals surface area contributed by atoms with Crippen molar-refractivity contribution in [2.45, 2.75) is 51.4 Å². The van der Waals surface area contributed by atoms with E-state index in [4.69, 9.17) is 4.74 Å². The largest absolute Gasteiger partial charge is 0.445 e. The molecule has 2 aromatic carbocycles. The summed E-state index contributed by atoms with van der Waals surface area (Å²) in [6, 6.07) is 14.2. The number of carbonyl (C=O) groups is 5. The lowest BCUT2D eigenvalue weighted by atomic mass is 10.0. The molecule has 0 spiro atoms. The van der Waals surface area contributed by atoms with Crippen LogP contribution >= 0.6 is 0 Å². The summed E-state index contributed by atoms with van der Waals surface area (Å²) in [5.41, 5.74) is 2.20. The molecule has 224 valence electrons. The molecule has 0 bridgehead atoms. The number of hydrogen-bond acceptors (Lipinski definition) is 7. The fraction of sp³-hybridized carbons (Fsp3) is 0.452. The number of rotatable bonds is 10. The van der Waals surface area contributed by atoms with E-state index in [9.17, 15) is 24.0 Å². The van der Waals surface area contributed by atoms with Gasteiger partial charge in [-0.1, -0.05) is 44.2 Å². The van der Waals surface area contributed by atoms with Gasteiger partial charge in [0.1, 0.15) is 25.2 Å². The molecule has 2 N–H and O–H groups in total. The van der Waals surface area contributed by atoms with Gasteiger partial charge in [0.2, 0.25) is 11.8 Å². The normalized spacial score (nSPS) is 18.5. The second kappa shape index (κ2) is 13.5. The Labute approximate surface area is 246 Å². The minimum absolute atomic E-state index is 0.0698. The Kier molecular flexibility index (Phi) is 9.82. The number of alkyl carbamates (subject to hydrolysis) is 1. The summed E-state index contributed by atoms with van der Waals surface area (Å²) in [6.07, 6.45) is 0.0990.